The molecule has 2 atom stereocenters. The summed E-state index contributed by atoms with van der Waals surface area (Å²) in [5, 5.41) is 0. The van der Waals surface area contributed by atoms with Crippen LogP contribution < -0.4 is 10.5 Å². The number of halogens is 1. The number of nitrogens with two attached hydrogens (primary N) is 1. The standard InChI is InChI=1S/C17H21FN2O/c1-2-14(19)10-15-4-3-7-20(15)11-16-9-12-8-13(18)5-6-17(12)21-16/h3-8,14,16H,2,9-11,19H2,1H3. The zero-order chi connectivity index (χ0) is 14.8. The molecule has 1 aliphatic rings. The Labute approximate surface area is 124 Å². The minimum absolute atomic E-state index is 0.0609. The lowest BCUT2D eigenvalue weighted by atomic mass is 10.1. The molecule has 3 nitrogen and oxygen atoms in total. The van der Waals surface area contributed by atoms with Crippen molar-refractivity contribution in [1.29, 1.82) is 0 Å². The van der Waals surface area contributed by atoms with Crippen LogP contribution >= 0.6 is 0 Å². The van der Waals surface area contributed by atoms with E-state index in [1.165, 1.54) is 11.8 Å². The maximum Gasteiger partial charge on any atom is 0.123 e. The minimum atomic E-state index is -0.200. The number of nitrogens with zero attached hydrogens (tertiary/aromatic N) is 1. The predicted molar refractivity (Wildman–Crippen MR) is 80.9 cm³/mol. The van der Waals surface area contributed by atoms with Crippen molar-refractivity contribution in [2.75, 3.05) is 0 Å². The van der Waals surface area contributed by atoms with Gasteiger partial charge in [0.2, 0.25) is 0 Å². The number of fused-ring (bicyclic) bond motifs is 1. The van der Waals surface area contributed by atoms with Crippen LogP contribution in [-0.2, 0) is 19.4 Å². The molecule has 0 fully saturated rings. The summed E-state index contributed by atoms with van der Waals surface area (Å²) < 4.78 is 21.3. The van der Waals surface area contributed by atoms with E-state index >= 15 is 0 Å². The fourth-order valence-corrected chi connectivity index (χ4v) is 2.84. The van der Waals surface area contributed by atoms with Crippen molar-refractivity contribution in [3.8, 4) is 5.75 Å². The lowest BCUT2D eigenvalue weighted by Crippen LogP contribution is -2.26. The number of benzene rings is 1. The van der Waals surface area contributed by atoms with Crippen molar-refractivity contribution in [2.45, 2.75) is 44.9 Å². The van der Waals surface area contributed by atoms with Crippen molar-refractivity contribution >= 4 is 0 Å². The fraction of sp³-hybridized carbons (Fsp3) is 0.412. The molecule has 0 bridgehead atoms. The van der Waals surface area contributed by atoms with E-state index in [2.05, 4.69) is 23.8 Å². The molecule has 2 aromatic rings. The number of rotatable bonds is 5. The van der Waals surface area contributed by atoms with Crippen LogP contribution in [0.3, 0.4) is 0 Å². The van der Waals surface area contributed by atoms with Gasteiger partial charge in [0.25, 0.3) is 0 Å². The van der Waals surface area contributed by atoms with Gasteiger partial charge in [0.15, 0.2) is 0 Å². The molecule has 0 radical (unpaired) electrons. The average Bonchev–Trinajstić information content (AvgIpc) is 3.05. The maximum absolute atomic E-state index is 13.2. The van der Waals surface area contributed by atoms with Gasteiger partial charge in [0.05, 0.1) is 6.54 Å². The summed E-state index contributed by atoms with van der Waals surface area (Å²) in [5.41, 5.74) is 8.23. The first kappa shape index (κ1) is 14.1. The number of hydrogen-bond donors (Lipinski definition) is 1. The van der Waals surface area contributed by atoms with Gasteiger partial charge < -0.3 is 15.0 Å². The van der Waals surface area contributed by atoms with Gasteiger partial charge in [-0.05, 0) is 36.8 Å². The number of hydrogen-bond acceptors (Lipinski definition) is 2. The van der Waals surface area contributed by atoms with Crippen molar-refractivity contribution in [3.63, 3.8) is 0 Å². The summed E-state index contributed by atoms with van der Waals surface area (Å²) >= 11 is 0. The third-order valence-corrected chi connectivity index (χ3v) is 4.08. The van der Waals surface area contributed by atoms with E-state index in [1.54, 1.807) is 12.1 Å². The topological polar surface area (TPSA) is 40.2 Å². The lowest BCUT2D eigenvalue weighted by molar-refractivity contribution is 0.208. The highest BCUT2D eigenvalue weighted by molar-refractivity contribution is 5.37. The Bertz CT molecular complexity index is 623. The molecule has 0 spiro atoms. The molecular weight excluding hydrogens is 267 g/mol. The summed E-state index contributed by atoms with van der Waals surface area (Å²) in [5.74, 6) is 0.605. The van der Waals surface area contributed by atoms with Gasteiger partial charge in [-0.15, -0.1) is 0 Å². The third kappa shape index (κ3) is 3.10. The molecule has 0 amide bonds. The van der Waals surface area contributed by atoms with E-state index in [1.807, 2.05) is 6.07 Å². The predicted octanol–water partition coefficient (Wildman–Crippen LogP) is 2.91. The summed E-state index contributed by atoms with van der Waals surface area (Å²) in [7, 11) is 0. The van der Waals surface area contributed by atoms with E-state index in [0.29, 0.717) is 0 Å². The Morgan fingerprint density at radius 3 is 3.10 bits per heavy atom. The smallest absolute Gasteiger partial charge is 0.123 e. The third-order valence-electron chi connectivity index (χ3n) is 4.08. The Morgan fingerprint density at radius 2 is 2.29 bits per heavy atom. The molecule has 4 heteroatoms. The van der Waals surface area contributed by atoms with Crippen LogP contribution in [-0.4, -0.2) is 16.7 Å². The average molecular weight is 288 g/mol. The molecule has 0 saturated carbocycles. The summed E-state index contributed by atoms with van der Waals surface area (Å²) in [4.78, 5) is 0. The van der Waals surface area contributed by atoms with E-state index in [-0.39, 0.29) is 18.0 Å². The molecule has 1 aromatic carbocycles. The van der Waals surface area contributed by atoms with Crippen molar-refractivity contribution in [2.24, 2.45) is 5.73 Å². The lowest BCUT2D eigenvalue weighted by Gasteiger charge is -2.16. The molecule has 0 aliphatic carbocycles. The van der Waals surface area contributed by atoms with E-state index in [9.17, 15) is 4.39 Å². The van der Waals surface area contributed by atoms with Crippen LogP contribution in [0.25, 0.3) is 0 Å². The van der Waals surface area contributed by atoms with Crippen molar-refractivity contribution < 1.29 is 9.13 Å². The van der Waals surface area contributed by atoms with Gasteiger partial charge in [-0.25, -0.2) is 4.39 Å². The highest BCUT2D eigenvalue weighted by Gasteiger charge is 2.24. The molecule has 1 aromatic heterocycles. The van der Waals surface area contributed by atoms with Crippen LogP contribution in [0.5, 0.6) is 5.75 Å². The number of aromatic nitrogens is 1. The normalized spacial score (nSPS) is 18.3. The van der Waals surface area contributed by atoms with Crippen LogP contribution in [0.1, 0.15) is 24.6 Å². The SMILES string of the molecule is CCC(N)Cc1cccn1CC1Cc2cc(F)ccc2O1. The zero-order valence-corrected chi connectivity index (χ0v) is 12.3. The van der Waals surface area contributed by atoms with Gasteiger partial charge in [0, 0.05) is 36.3 Å². The van der Waals surface area contributed by atoms with Crippen molar-refractivity contribution in [1.82, 2.24) is 4.57 Å². The van der Waals surface area contributed by atoms with Gasteiger partial charge in [-0.2, -0.15) is 0 Å². The van der Waals surface area contributed by atoms with E-state index in [0.717, 1.165) is 37.1 Å². The number of ether oxygens (including phenoxy) is 1. The monoisotopic (exact) mass is 288 g/mol. The zero-order valence-electron chi connectivity index (χ0n) is 12.3. The largest absolute Gasteiger partial charge is 0.488 e. The van der Waals surface area contributed by atoms with Crippen LogP contribution in [0.4, 0.5) is 4.39 Å². The quantitative estimate of drug-likeness (QED) is 0.919. The first-order valence-corrected chi connectivity index (χ1v) is 7.50. The van der Waals surface area contributed by atoms with E-state index < -0.39 is 0 Å². The molecule has 3 rings (SSSR count). The summed E-state index contributed by atoms with van der Waals surface area (Å²) in [6.07, 6.45) is 4.72. The van der Waals surface area contributed by atoms with E-state index in [4.69, 9.17) is 10.5 Å². The second-order valence-electron chi connectivity index (χ2n) is 5.72. The molecule has 112 valence electrons. The highest BCUT2D eigenvalue weighted by Crippen LogP contribution is 2.30. The first-order chi connectivity index (χ1) is 10.2. The van der Waals surface area contributed by atoms with Crippen LogP contribution in [0.2, 0.25) is 0 Å². The molecule has 2 N–H and O–H groups in total. The summed E-state index contributed by atoms with van der Waals surface area (Å²) in [6.45, 7) is 2.87. The molecule has 21 heavy (non-hydrogen) atoms. The molecule has 0 saturated heterocycles. The second-order valence-corrected chi connectivity index (χ2v) is 5.72. The fourth-order valence-electron chi connectivity index (χ4n) is 2.84. The maximum atomic E-state index is 13.2. The molecular formula is C17H21FN2O. The van der Waals surface area contributed by atoms with Gasteiger partial charge >= 0.3 is 0 Å². The minimum Gasteiger partial charge on any atom is -0.488 e. The van der Waals surface area contributed by atoms with Gasteiger partial charge in [0.1, 0.15) is 17.7 Å². The Balaban J connectivity index is 1.68. The van der Waals surface area contributed by atoms with Gasteiger partial charge in [-0.1, -0.05) is 6.92 Å². The first-order valence-electron chi connectivity index (χ1n) is 7.50. The molecule has 2 unspecified atom stereocenters. The summed E-state index contributed by atoms with van der Waals surface area (Å²) in [6, 6.07) is 9.07. The Kier molecular flexibility index (Phi) is 3.97. The van der Waals surface area contributed by atoms with Crippen LogP contribution in [0, 0.1) is 5.82 Å². The molecule has 1 aliphatic heterocycles. The molecule has 2 heterocycles. The van der Waals surface area contributed by atoms with Gasteiger partial charge in [-0.3, -0.25) is 0 Å². The Morgan fingerprint density at radius 1 is 1.43 bits per heavy atom. The second kappa shape index (κ2) is 5.90. The van der Waals surface area contributed by atoms with Crippen LogP contribution in [0.15, 0.2) is 36.5 Å². The highest BCUT2D eigenvalue weighted by atomic mass is 19.1. The Hall–Kier alpha value is -1.81. The van der Waals surface area contributed by atoms with Crippen molar-refractivity contribution in [3.05, 3.63) is 53.6 Å².